The molecule has 0 atom stereocenters. The molecule has 29 heavy (non-hydrogen) atoms. The molecule has 1 N–H and O–H groups in total. The quantitative estimate of drug-likeness (QED) is 0.865. The Morgan fingerprint density at radius 3 is 2.62 bits per heavy atom. The number of fused-ring (bicyclic) bond motifs is 1. The second-order valence-electron chi connectivity index (χ2n) is 8.64. The molecule has 1 aromatic carbocycles. The van der Waals surface area contributed by atoms with Crippen molar-refractivity contribution in [2.24, 2.45) is 0 Å². The van der Waals surface area contributed by atoms with Gasteiger partial charge in [-0.25, -0.2) is 4.39 Å². The van der Waals surface area contributed by atoms with E-state index in [1.54, 1.807) is 6.07 Å². The van der Waals surface area contributed by atoms with Gasteiger partial charge in [0.2, 0.25) is 5.91 Å². The highest BCUT2D eigenvalue weighted by Crippen LogP contribution is 2.44. The largest absolute Gasteiger partial charge is 0.342 e. The van der Waals surface area contributed by atoms with E-state index in [-0.39, 0.29) is 11.7 Å². The van der Waals surface area contributed by atoms with E-state index in [1.165, 1.54) is 6.07 Å². The number of amides is 1. The number of carbonyl (C=O) groups is 1. The SMILES string of the molecule is O=C(N1CCC(c2nnc3n2CCNC3)CC1)C1(c2ccccc2F)CCCC1. The molecule has 154 valence electrons. The van der Waals surface area contributed by atoms with Crippen molar-refractivity contribution in [2.75, 3.05) is 19.6 Å². The summed E-state index contributed by atoms with van der Waals surface area (Å²) in [6.07, 6.45) is 5.25. The minimum atomic E-state index is -0.683. The van der Waals surface area contributed by atoms with Crippen molar-refractivity contribution in [3.63, 3.8) is 0 Å². The molecule has 1 aliphatic carbocycles. The lowest BCUT2D eigenvalue weighted by molar-refractivity contribution is -0.138. The summed E-state index contributed by atoms with van der Waals surface area (Å²) >= 11 is 0. The van der Waals surface area contributed by atoms with Crippen LogP contribution in [0.5, 0.6) is 0 Å². The zero-order valence-corrected chi connectivity index (χ0v) is 16.7. The average molecular weight is 397 g/mol. The third kappa shape index (κ3) is 3.16. The Labute approximate surface area is 170 Å². The van der Waals surface area contributed by atoms with Gasteiger partial charge < -0.3 is 14.8 Å². The Morgan fingerprint density at radius 2 is 1.86 bits per heavy atom. The fourth-order valence-corrected chi connectivity index (χ4v) is 5.49. The van der Waals surface area contributed by atoms with Gasteiger partial charge in [-0.2, -0.15) is 0 Å². The molecular formula is C22H28FN5O. The molecule has 3 heterocycles. The van der Waals surface area contributed by atoms with Crippen molar-refractivity contribution >= 4 is 5.91 Å². The van der Waals surface area contributed by atoms with Gasteiger partial charge in [-0.1, -0.05) is 31.0 Å². The normalized spacial score (nSPS) is 21.9. The van der Waals surface area contributed by atoms with Gasteiger partial charge in [0.25, 0.3) is 0 Å². The number of benzene rings is 1. The van der Waals surface area contributed by atoms with Crippen molar-refractivity contribution in [1.29, 1.82) is 0 Å². The van der Waals surface area contributed by atoms with E-state index in [4.69, 9.17) is 0 Å². The summed E-state index contributed by atoms with van der Waals surface area (Å²) in [5.74, 6) is 2.28. The van der Waals surface area contributed by atoms with E-state index in [2.05, 4.69) is 20.1 Å². The summed E-state index contributed by atoms with van der Waals surface area (Å²) in [6.45, 7) is 4.05. The van der Waals surface area contributed by atoms with Crippen LogP contribution in [-0.2, 0) is 23.3 Å². The Bertz CT molecular complexity index is 896. The summed E-state index contributed by atoms with van der Waals surface area (Å²) in [6, 6.07) is 6.84. The first-order valence-corrected chi connectivity index (χ1v) is 10.9. The molecule has 2 fully saturated rings. The number of likely N-dealkylation sites (tertiary alicyclic amines) is 1. The first-order chi connectivity index (χ1) is 14.2. The van der Waals surface area contributed by atoms with Crippen LogP contribution in [0.3, 0.4) is 0 Å². The molecule has 1 saturated heterocycles. The van der Waals surface area contributed by atoms with Gasteiger partial charge in [0.05, 0.1) is 12.0 Å². The number of hydrogen-bond donors (Lipinski definition) is 1. The molecule has 6 nitrogen and oxygen atoms in total. The topological polar surface area (TPSA) is 63.1 Å². The van der Waals surface area contributed by atoms with Gasteiger partial charge in [0, 0.05) is 37.7 Å². The number of rotatable bonds is 3. The van der Waals surface area contributed by atoms with Crippen LogP contribution in [0.15, 0.2) is 24.3 Å². The minimum Gasteiger partial charge on any atom is -0.342 e. The van der Waals surface area contributed by atoms with E-state index < -0.39 is 5.41 Å². The molecule has 1 saturated carbocycles. The van der Waals surface area contributed by atoms with Crippen LogP contribution in [0.25, 0.3) is 0 Å². The third-order valence-electron chi connectivity index (χ3n) is 7.05. The zero-order valence-electron chi connectivity index (χ0n) is 16.7. The predicted octanol–water partition coefficient (Wildman–Crippen LogP) is 2.74. The van der Waals surface area contributed by atoms with Crippen LogP contribution < -0.4 is 5.32 Å². The summed E-state index contributed by atoms with van der Waals surface area (Å²) in [4.78, 5) is 15.6. The molecule has 7 heteroatoms. The highest BCUT2D eigenvalue weighted by atomic mass is 19.1. The van der Waals surface area contributed by atoms with Crippen molar-refractivity contribution in [1.82, 2.24) is 25.0 Å². The van der Waals surface area contributed by atoms with Gasteiger partial charge >= 0.3 is 0 Å². The Hall–Kier alpha value is -2.28. The number of aromatic nitrogens is 3. The Balaban J connectivity index is 1.33. The lowest BCUT2D eigenvalue weighted by Gasteiger charge is -2.38. The number of hydrogen-bond acceptors (Lipinski definition) is 4. The van der Waals surface area contributed by atoms with E-state index in [0.717, 1.165) is 69.8 Å². The lowest BCUT2D eigenvalue weighted by atomic mass is 9.76. The Morgan fingerprint density at radius 1 is 1.10 bits per heavy atom. The molecule has 2 aromatic rings. The number of carbonyl (C=O) groups excluding carboxylic acids is 1. The van der Waals surface area contributed by atoms with Gasteiger partial charge in [0.15, 0.2) is 0 Å². The molecule has 3 aliphatic rings. The smallest absolute Gasteiger partial charge is 0.233 e. The van der Waals surface area contributed by atoms with Crippen molar-refractivity contribution in [3.8, 4) is 0 Å². The monoisotopic (exact) mass is 397 g/mol. The molecule has 1 amide bonds. The molecule has 0 bridgehead atoms. The van der Waals surface area contributed by atoms with E-state index in [1.807, 2.05) is 17.0 Å². The molecule has 5 rings (SSSR count). The van der Waals surface area contributed by atoms with Crippen molar-refractivity contribution in [3.05, 3.63) is 47.3 Å². The van der Waals surface area contributed by atoms with Crippen LogP contribution in [0, 0.1) is 5.82 Å². The number of nitrogens with one attached hydrogen (secondary N) is 1. The summed E-state index contributed by atoms with van der Waals surface area (Å²) in [5, 5.41) is 12.1. The highest BCUT2D eigenvalue weighted by Gasteiger charge is 2.47. The van der Waals surface area contributed by atoms with Crippen LogP contribution in [-0.4, -0.2) is 45.2 Å². The van der Waals surface area contributed by atoms with Gasteiger partial charge in [0.1, 0.15) is 17.5 Å². The molecule has 0 unspecified atom stereocenters. The second kappa shape index (κ2) is 7.52. The molecule has 2 aliphatic heterocycles. The van der Waals surface area contributed by atoms with Crippen LogP contribution in [0.4, 0.5) is 4.39 Å². The third-order valence-corrected chi connectivity index (χ3v) is 7.05. The van der Waals surface area contributed by atoms with Gasteiger partial charge in [-0.05, 0) is 31.7 Å². The van der Waals surface area contributed by atoms with E-state index >= 15 is 0 Å². The summed E-state index contributed by atoms with van der Waals surface area (Å²) in [5.41, 5.74) is -0.0959. The first-order valence-electron chi connectivity index (χ1n) is 10.9. The second-order valence-corrected chi connectivity index (χ2v) is 8.64. The summed E-state index contributed by atoms with van der Waals surface area (Å²) in [7, 11) is 0. The average Bonchev–Trinajstić information content (AvgIpc) is 3.42. The molecule has 1 aromatic heterocycles. The standard InChI is InChI=1S/C22H28FN5O/c23-18-6-2-1-5-17(18)22(9-3-4-10-22)21(29)27-12-7-16(8-13-27)20-26-25-19-15-24-11-14-28(19)20/h1-2,5-6,16,24H,3-4,7-15H2. The van der Waals surface area contributed by atoms with Gasteiger partial charge in [-0.3, -0.25) is 4.79 Å². The maximum absolute atomic E-state index is 14.6. The molecule has 0 radical (unpaired) electrons. The highest BCUT2D eigenvalue weighted by molar-refractivity contribution is 5.88. The predicted molar refractivity (Wildman–Crippen MR) is 107 cm³/mol. The number of piperidine rings is 1. The lowest BCUT2D eigenvalue weighted by Crippen LogP contribution is -2.49. The van der Waals surface area contributed by atoms with E-state index in [0.29, 0.717) is 24.6 Å². The van der Waals surface area contributed by atoms with Crippen LogP contribution in [0.1, 0.15) is 61.7 Å². The maximum atomic E-state index is 14.6. The summed E-state index contributed by atoms with van der Waals surface area (Å²) < 4.78 is 16.9. The fraction of sp³-hybridized carbons (Fsp3) is 0.591. The first kappa shape index (κ1) is 18.7. The van der Waals surface area contributed by atoms with Crippen molar-refractivity contribution < 1.29 is 9.18 Å². The molecule has 0 spiro atoms. The minimum absolute atomic E-state index is 0.117. The molecular weight excluding hydrogens is 369 g/mol. The van der Waals surface area contributed by atoms with Crippen LogP contribution in [0.2, 0.25) is 0 Å². The number of halogens is 1. The zero-order chi connectivity index (χ0) is 19.8. The fourth-order valence-electron chi connectivity index (χ4n) is 5.49. The Kier molecular flexibility index (Phi) is 4.86. The van der Waals surface area contributed by atoms with Gasteiger partial charge in [-0.15, -0.1) is 10.2 Å². The van der Waals surface area contributed by atoms with Crippen LogP contribution >= 0.6 is 0 Å². The maximum Gasteiger partial charge on any atom is 0.233 e. The van der Waals surface area contributed by atoms with E-state index in [9.17, 15) is 9.18 Å². The number of nitrogens with zero attached hydrogens (tertiary/aromatic N) is 4. The van der Waals surface area contributed by atoms with Crippen molar-refractivity contribution in [2.45, 2.75) is 62.9 Å².